The monoisotopic (exact) mass is 398 g/mol. The van der Waals surface area contributed by atoms with Gasteiger partial charge in [-0.3, -0.25) is 4.90 Å². The number of piperidine rings is 1. The van der Waals surface area contributed by atoms with Gasteiger partial charge >= 0.3 is 6.18 Å². The van der Waals surface area contributed by atoms with Gasteiger partial charge in [0.05, 0.1) is 18.7 Å². The van der Waals surface area contributed by atoms with Crippen LogP contribution in [0.5, 0.6) is 0 Å². The highest BCUT2D eigenvalue weighted by Gasteiger charge is 2.37. The van der Waals surface area contributed by atoms with Crippen molar-refractivity contribution >= 4 is 5.95 Å². The van der Waals surface area contributed by atoms with Crippen LogP contribution >= 0.6 is 0 Å². The van der Waals surface area contributed by atoms with Gasteiger partial charge in [0.15, 0.2) is 0 Å². The molecule has 0 spiro atoms. The minimum absolute atomic E-state index is 0.00266. The molecule has 154 valence electrons. The third-order valence-electron chi connectivity index (χ3n) is 4.89. The third-order valence-corrected chi connectivity index (χ3v) is 4.89. The van der Waals surface area contributed by atoms with Crippen molar-refractivity contribution in [3.63, 3.8) is 0 Å². The molecule has 7 nitrogen and oxygen atoms in total. The molecule has 2 aromatic rings. The lowest BCUT2D eigenvalue weighted by Gasteiger charge is -2.41. The van der Waals surface area contributed by atoms with Gasteiger partial charge in [0.25, 0.3) is 0 Å². The van der Waals surface area contributed by atoms with Gasteiger partial charge in [-0.2, -0.15) is 13.2 Å². The summed E-state index contributed by atoms with van der Waals surface area (Å²) >= 11 is 0. The molecule has 1 saturated heterocycles. The minimum atomic E-state index is -4.52. The van der Waals surface area contributed by atoms with Crippen molar-refractivity contribution in [2.24, 2.45) is 0 Å². The lowest BCUT2D eigenvalue weighted by atomic mass is 9.92. The Morgan fingerprint density at radius 3 is 2.79 bits per heavy atom. The number of alkyl halides is 3. The molecule has 10 heteroatoms. The average Bonchev–Trinajstić information content (AvgIpc) is 3.07. The van der Waals surface area contributed by atoms with Gasteiger partial charge in [-0.1, -0.05) is 0 Å². The van der Waals surface area contributed by atoms with Crippen molar-refractivity contribution < 1.29 is 18.3 Å². The molecule has 1 aliphatic rings. The second-order valence-corrected chi connectivity index (χ2v) is 7.29. The van der Waals surface area contributed by atoms with Crippen molar-refractivity contribution in [2.75, 3.05) is 31.6 Å². The van der Waals surface area contributed by atoms with E-state index < -0.39 is 17.5 Å². The molecule has 0 radical (unpaired) electrons. The maximum atomic E-state index is 12.9. The van der Waals surface area contributed by atoms with E-state index in [2.05, 4.69) is 15.0 Å². The van der Waals surface area contributed by atoms with Crippen molar-refractivity contribution in [3.8, 4) is 0 Å². The van der Waals surface area contributed by atoms with Crippen LogP contribution in [0.4, 0.5) is 19.1 Å². The van der Waals surface area contributed by atoms with E-state index in [9.17, 15) is 18.3 Å². The van der Waals surface area contributed by atoms with E-state index in [1.165, 1.54) is 0 Å². The molecule has 0 saturated carbocycles. The first-order chi connectivity index (χ1) is 13.2. The van der Waals surface area contributed by atoms with E-state index in [0.29, 0.717) is 32.5 Å². The Hall–Kier alpha value is -2.20. The number of hydrogen-bond acceptors (Lipinski definition) is 6. The molecule has 2 aromatic heterocycles. The number of β-amino-alcohol motifs (C(OH)–C–C–N with tert-alkyl or cyclic N) is 1. The lowest BCUT2D eigenvalue weighted by molar-refractivity contribution is -0.141. The number of halogens is 3. The average molecular weight is 398 g/mol. The van der Waals surface area contributed by atoms with Crippen LogP contribution in [0.2, 0.25) is 0 Å². The maximum absolute atomic E-state index is 12.9. The Labute approximate surface area is 161 Å². The first-order valence-electron chi connectivity index (χ1n) is 9.26. The predicted molar refractivity (Wildman–Crippen MR) is 97.7 cm³/mol. The van der Waals surface area contributed by atoms with Crippen molar-refractivity contribution in [1.82, 2.24) is 24.4 Å². The molecule has 0 aliphatic carbocycles. The number of hydrogen-bond donors (Lipinski definition) is 1. The smallest absolute Gasteiger partial charge is 0.387 e. The topological polar surface area (TPSA) is 70.3 Å². The van der Waals surface area contributed by atoms with Gasteiger partial charge in [-0.25, -0.2) is 15.0 Å². The number of aryl methyl sites for hydroxylation is 1. The van der Waals surface area contributed by atoms with Crippen LogP contribution in [0.25, 0.3) is 0 Å². The molecule has 1 aliphatic heterocycles. The quantitative estimate of drug-likeness (QED) is 0.804. The predicted octanol–water partition coefficient (Wildman–Crippen LogP) is 2.18. The Morgan fingerprint density at radius 2 is 2.07 bits per heavy atom. The molecule has 0 bridgehead atoms. The van der Waals surface area contributed by atoms with Crippen LogP contribution in [-0.4, -0.2) is 61.8 Å². The molecule has 1 unspecified atom stereocenters. The molecular weight excluding hydrogens is 373 g/mol. The summed E-state index contributed by atoms with van der Waals surface area (Å²) in [4.78, 5) is 15.6. The molecule has 1 fully saturated rings. The van der Waals surface area contributed by atoms with E-state index in [1.54, 1.807) is 11.1 Å². The summed E-state index contributed by atoms with van der Waals surface area (Å²) in [6.07, 6.45) is 1.45. The number of aliphatic hydroxyl groups is 1. The Bertz CT molecular complexity index is 796. The number of imidazole rings is 1. The van der Waals surface area contributed by atoms with Crippen LogP contribution in [0, 0.1) is 0 Å². The summed E-state index contributed by atoms with van der Waals surface area (Å²) in [6, 6.07) is 0.850. The number of likely N-dealkylation sites (N-methyl/N-ethyl adjacent to an activating group) is 1. The number of nitrogens with zero attached hydrogens (tertiary/aromatic N) is 6. The maximum Gasteiger partial charge on any atom is 0.433 e. The van der Waals surface area contributed by atoms with Crippen LogP contribution < -0.4 is 4.90 Å². The highest BCUT2D eigenvalue weighted by molar-refractivity contribution is 5.33. The van der Waals surface area contributed by atoms with E-state index in [-0.39, 0.29) is 12.5 Å². The van der Waals surface area contributed by atoms with Gasteiger partial charge in [-0.05, 0) is 32.9 Å². The normalized spacial score (nSPS) is 20.8. The summed E-state index contributed by atoms with van der Waals surface area (Å²) < 4.78 is 40.8. The van der Waals surface area contributed by atoms with Gasteiger partial charge < -0.3 is 14.6 Å². The van der Waals surface area contributed by atoms with Crippen molar-refractivity contribution in [2.45, 2.75) is 44.6 Å². The van der Waals surface area contributed by atoms with E-state index in [0.717, 1.165) is 24.6 Å². The molecular formula is C18H25F3N6O. The Morgan fingerprint density at radius 1 is 1.29 bits per heavy atom. The molecule has 3 heterocycles. The first-order valence-corrected chi connectivity index (χ1v) is 9.26. The zero-order valence-corrected chi connectivity index (χ0v) is 16.0. The van der Waals surface area contributed by atoms with E-state index >= 15 is 0 Å². The summed E-state index contributed by atoms with van der Waals surface area (Å²) in [5, 5.41) is 11.1. The molecule has 3 rings (SSSR count). The molecule has 28 heavy (non-hydrogen) atoms. The fraction of sp³-hybridized carbons (Fsp3) is 0.611. The standard InChI is InChI=1S/C18H25F3N6O/c1-3-26-10-8-22-15(26)11-25(2)12-17(28)6-4-9-27(13-17)16-23-7-5-14(24-16)18(19,20)21/h5,7-8,10,28H,3-4,6,9,11-13H2,1-2H3. The zero-order valence-electron chi connectivity index (χ0n) is 16.0. The Kier molecular flexibility index (Phi) is 5.90. The fourth-order valence-electron chi connectivity index (χ4n) is 3.65. The van der Waals surface area contributed by atoms with Crippen LogP contribution in [-0.2, 0) is 19.3 Å². The SMILES string of the molecule is CCn1ccnc1CN(C)CC1(O)CCCN(c2nccc(C(F)(F)F)n2)C1. The van der Waals surface area contributed by atoms with Crippen LogP contribution in [0.3, 0.4) is 0 Å². The van der Waals surface area contributed by atoms with Gasteiger partial charge in [0.2, 0.25) is 5.95 Å². The van der Waals surface area contributed by atoms with Crippen LogP contribution in [0.15, 0.2) is 24.7 Å². The summed E-state index contributed by atoms with van der Waals surface area (Å²) in [6.45, 7) is 4.48. The zero-order chi connectivity index (χ0) is 20.4. The highest BCUT2D eigenvalue weighted by atomic mass is 19.4. The van der Waals surface area contributed by atoms with Crippen LogP contribution in [0.1, 0.15) is 31.3 Å². The second-order valence-electron chi connectivity index (χ2n) is 7.29. The number of rotatable bonds is 6. The lowest BCUT2D eigenvalue weighted by Crippen LogP contribution is -2.54. The minimum Gasteiger partial charge on any atom is -0.387 e. The van der Waals surface area contributed by atoms with Gasteiger partial charge in [0.1, 0.15) is 11.5 Å². The van der Waals surface area contributed by atoms with Gasteiger partial charge in [-0.15, -0.1) is 0 Å². The fourth-order valence-corrected chi connectivity index (χ4v) is 3.65. The highest BCUT2D eigenvalue weighted by Crippen LogP contribution is 2.30. The van der Waals surface area contributed by atoms with Gasteiger partial charge in [0, 0.05) is 38.2 Å². The van der Waals surface area contributed by atoms with E-state index in [1.807, 2.05) is 29.6 Å². The largest absolute Gasteiger partial charge is 0.433 e. The first kappa shape index (κ1) is 20.5. The third kappa shape index (κ3) is 4.79. The second kappa shape index (κ2) is 8.04. The molecule has 1 atom stereocenters. The van der Waals surface area contributed by atoms with Crippen molar-refractivity contribution in [3.05, 3.63) is 36.2 Å². The molecule has 0 aromatic carbocycles. The summed E-state index contributed by atoms with van der Waals surface area (Å²) in [7, 11) is 1.90. The number of aromatic nitrogens is 4. The number of anilines is 1. The summed E-state index contributed by atoms with van der Waals surface area (Å²) in [5.41, 5.74) is -2.04. The van der Waals surface area contributed by atoms with Crippen molar-refractivity contribution in [1.29, 1.82) is 0 Å². The Balaban J connectivity index is 1.68. The summed E-state index contributed by atoms with van der Waals surface area (Å²) in [5.74, 6) is 0.902. The molecule has 0 amide bonds. The van der Waals surface area contributed by atoms with E-state index in [4.69, 9.17) is 0 Å². The molecule has 1 N–H and O–H groups in total.